The van der Waals surface area contributed by atoms with Crippen molar-refractivity contribution in [2.45, 2.75) is 18.9 Å². The maximum absolute atomic E-state index is 11.1. The summed E-state index contributed by atoms with van der Waals surface area (Å²) in [5.74, 6) is 0.917. The second-order valence-corrected chi connectivity index (χ2v) is 4.25. The van der Waals surface area contributed by atoms with E-state index in [1.807, 2.05) is 6.92 Å². The van der Waals surface area contributed by atoms with E-state index in [4.69, 9.17) is 4.74 Å². The third-order valence-electron chi connectivity index (χ3n) is 1.45. The molecule has 0 aliphatic carbocycles. The molecule has 0 N–H and O–H groups in total. The number of nitrogens with zero attached hydrogens (tertiary/aromatic N) is 1. The van der Waals surface area contributed by atoms with Crippen LogP contribution in [0.1, 0.15) is 13.3 Å². The van der Waals surface area contributed by atoms with Crippen LogP contribution in [-0.4, -0.2) is 40.1 Å². The van der Waals surface area contributed by atoms with Gasteiger partial charge in [0.1, 0.15) is 6.61 Å². The first-order chi connectivity index (χ1) is 7.24. The predicted octanol–water partition coefficient (Wildman–Crippen LogP) is 1.31. The summed E-state index contributed by atoms with van der Waals surface area (Å²) in [6.45, 7) is 3.70. The average molecular weight is 263 g/mol. The Morgan fingerprint density at radius 2 is 2.06 bits per heavy atom. The van der Waals surface area contributed by atoms with E-state index in [1.54, 1.807) is 0 Å². The molecule has 96 valence electrons. The third kappa shape index (κ3) is 4.79. The molecule has 0 aromatic carbocycles. The summed E-state index contributed by atoms with van der Waals surface area (Å²) in [5, 5.41) is 0. The maximum atomic E-state index is 11.1. The molecule has 0 unspecified atom stereocenters. The molecule has 9 heteroatoms. The van der Waals surface area contributed by atoms with Crippen molar-refractivity contribution in [2.75, 3.05) is 20.3 Å². The fourth-order valence-corrected chi connectivity index (χ4v) is 0.877. The number of halogens is 3. The number of ether oxygens (including phenoxy) is 1. The lowest BCUT2D eigenvalue weighted by atomic mass is 10.5. The van der Waals surface area contributed by atoms with Crippen LogP contribution in [0.2, 0.25) is 0 Å². The lowest BCUT2D eigenvalue weighted by molar-refractivity contribution is -0.0526. The molecular formula is C7H12F3NO4S. The van der Waals surface area contributed by atoms with Crippen LogP contribution in [0, 0.1) is 0 Å². The van der Waals surface area contributed by atoms with Crippen LogP contribution in [0.4, 0.5) is 13.2 Å². The quantitative estimate of drug-likeness (QED) is 0.556. The molecule has 0 saturated carbocycles. The molecule has 1 aliphatic rings. The van der Waals surface area contributed by atoms with Crippen LogP contribution >= 0.6 is 0 Å². The van der Waals surface area contributed by atoms with Gasteiger partial charge in [0.2, 0.25) is 0 Å². The Hall–Kier alpha value is -0.830. The average Bonchev–Trinajstić information content (AvgIpc) is 2.69. The van der Waals surface area contributed by atoms with Crippen molar-refractivity contribution in [3.63, 3.8) is 0 Å². The van der Waals surface area contributed by atoms with Crippen LogP contribution < -0.4 is 0 Å². The van der Waals surface area contributed by atoms with E-state index >= 15 is 0 Å². The summed E-state index contributed by atoms with van der Waals surface area (Å²) in [4.78, 5) is 4.05. The summed E-state index contributed by atoms with van der Waals surface area (Å²) >= 11 is 0. The smallest absolute Gasteiger partial charge is 0.479 e. The Morgan fingerprint density at radius 1 is 1.50 bits per heavy atom. The molecule has 1 heterocycles. The van der Waals surface area contributed by atoms with Gasteiger partial charge in [-0.1, -0.05) is 6.92 Å². The van der Waals surface area contributed by atoms with Gasteiger partial charge in [0.15, 0.2) is 5.90 Å². The number of aliphatic imine (C=N–C) groups is 1. The molecule has 0 aromatic rings. The summed E-state index contributed by atoms with van der Waals surface area (Å²) in [6.07, 6.45) is 0.944. The Balaban J connectivity index is 0.000000288. The molecule has 0 radical (unpaired) electrons. The summed E-state index contributed by atoms with van der Waals surface area (Å²) in [5.41, 5.74) is -5.30. The molecule has 16 heavy (non-hydrogen) atoms. The second-order valence-electron chi connectivity index (χ2n) is 2.54. The molecule has 1 aliphatic heterocycles. The first-order valence-corrected chi connectivity index (χ1v) is 5.68. The molecule has 0 bridgehead atoms. The van der Waals surface area contributed by atoms with Gasteiger partial charge >= 0.3 is 15.6 Å². The highest BCUT2D eigenvalue weighted by molar-refractivity contribution is 7.87. The minimum Gasteiger partial charge on any atom is -0.479 e. The van der Waals surface area contributed by atoms with Gasteiger partial charge in [-0.2, -0.15) is 21.6 Å². The number of alkyl halides is 3. The molecule has 0 amide bonds. The topological polar surface area (TPSA) is 65.0 Å². The van der Waals surface area contributed by atoms with E-state index in [9.17, 15) is 21.6 Å². The van der Waals surface area contributed by atoms with Crippen LogP contribution in [0.5, 0.6) is 0 Å². The standard InChI is InChI=1S/C5H9NO.C2H3F3O3S/c1-2-5-6-3-4-7-5;1-8-9(6,7)2(3,4)5/h2-4H2,1H3;1H3. The van der Waals surface area contributed by atoms with Crippen molar-refractivity contribution in [3.05, 3.63) is 0 Å². The van der Waals surface area contributed by atoms with Crippen molar-refractivity contribution < 1.29 is 30.5 Å². The Bertz CT molecular complexity index is 336. The maximum Gasteiger partial charge on any atom is 0.523 e. The van der Waals surface area contributed by atoms with Gasteiger partial charge in [-0.25, -0.2) is 0 Å². The molecule has 0 atom stereocenters. The summed E-state index contributed by atoms with van der Waals surface area (Å²) in [6, 6.07) is 0. The van der Waals surface area contributed by atoms with Crippen molar-refractivity contribution in [1.82, 2.24) is 0 Å². The van der Waals surface area contributed by atoms with Crippen molar-refractivity contribution in [2.24, 2.45) is 4.99 Å². The molecule has 5 nitrogen and oxygen atoms in total. The van der Waals surface area contributed by atoms with Crippen molar-refractivity contribution in [1.29, 1.82) is 0 Å². The van der Waals surface area contributed by atoms with E-state index in [0.717, 1.165) is 25.5 Å². The van der Waals surface area contributed by atoms with E-state index < -0.39 is 15.6 Å². The van der Waals surface area contributed by atoms with Crippen LogP contribution in [0.3, 0.4) is 0 Å². The molecule has 0 saturated heterocycles. The Morgan fingerprint density at radius 3 is 2.19 bits per heavy atom. The predicted molar refractivity (Wildman–Crippen MR) is 50.5 cm³/mol. The first kappa shape index (κ1) is 15.2. The fraction of sp³-hybridized carbons (Fsp3) is 0.857. The van der Waals surface area contributed by atoms with Gasteiger partial charge < -0.3 is 4.74 Å². The Kier molecular flexibility index (Phi) is 5.73. The number of hydrogen-bond acceptors (Lipinski definition) is 5. The third-order valence-corrected chi connectivity index (χ3v) is 2.46. The fourth-order valence-electron chi connectivity index (χ4n) is 0.688. The molecule has 0 fully saturated rings. The van der Waals surface area contributed by atoms with E-state index in [-0.39, 0.29) is 0 Å². The summed E-state index contributed by atoms with van der Waals surface area (Å²) in [7, 11) is -4.89. The van der Waals surface area contributed by atoms with E-state index in [0.29, 0.717) is 7.11 Å². The molecule has 1 rings (SSSR count). The van der Waals surface area contributed by atoms with Gasteiger partial charge in [-0.05, 0) is 0 Å². The minimum atomic E-state index is -5.34. The zero-order chi connectivity index (χ0) is 12.8. The van der Waals surface area contributed by atoms with E-state index in [1.165, 1.54) is 0 Å². The van der Waals surface area contributed by atoms with Crippen molar-refractivity contribution in [3.8, 4) is 0 Å². The zero-order valence-electron chi connectivity index (χ0n) is 8.74. The van der Waals surface area contributed by atoms with Crippen LogP contribution in [0.25, 0.3) is 0 Å². The molecular weight excluding hydrogens is 251 g/mol. The van der Waals surface area contributed by atoms with Gasteiger partial charge in [-0.15, -0.1) is 0 Å². The van der Waals surface area contributed by atoms with Gasteiger partial charge in [-0.3, -0.25) is 9.18 Å². The highest BCUT2D eigenvalue weighted by Crippen LogP contribution is 2.23. The minimum absolute atomic E-state index is 0.447. The van der Waals surface area contributed by atoms with Crippen LogP contribution in [0.15, 0.2) is 4.99 Å². The Labute approximate surface area is 91.4 Å². The van der Waals surface area contributed by atoms with E-state index in [2.05, 4.69) is 9.18 Å². The lowest BCUT2D eigenvalue weighted by Crippen LogP contribution is -2.23. The van der Waals surface area contributed by atoms with Gasteiger partial charge in [0.05, 0.1) is 13.7 Å². The second kappa shape index (κ2) is 6.04. The highest BCUT2D eigenvalue weighted by Gasteiger charge is 2.46. The van der Waals surface area contributed by atoms with Gasteiger partial charge in [0, 0.05) is 6.42 Å². The lowest BCUT2D eigenvalue weighted by Gasteiger charge is -2.02. The largest absolute Gasteiger partial charge is 0.523 e. The molecule has 0 spiro atoms. The molecule has 0 aromatic heterocycles. The number of rotatable bonds is 2. The zero-order valence-corrected chi connectivity index (χ0v) is 9.56. The highest BCUT2D eigenvalue weighted by atomic mass is 32.2. The SMILES string of the molecule is CCC1=NCCO1.COS(=O)(=O)C(F)(F)F. The number of hydrogen-bond donors (Lipinski definition) is 0. The summed E-state index contributed by atoms with van der Waals surface area (Å²) < 4.78 is 60.9. The monoisotopic (exact) mass is 263 g/mol. The normalized spacial score (nSPS) is 15.9. The van der Waals surface area contributed by atoms with Crippen molar-refractivity contribution >= 4 is 16.0 Å². The first-order valence-electron chi connectivity index (χ1n) is 4.27. The van der Waals surface area contributed by atoms with Crippen LogP contribution in [-0.2, 0) is 19.0 Å². The van der Waals surface area contributed by atoms with Gasteiger partial charge in [0.25, 0.3) is 0 Å².